The molecule has 142 valence electrons. The number of aromatic nitrogens is 3. The van der Waals surface area contributed by atoms with Crippen LogP contribution in [0.25, 0.3) is 11.1 Å². The van der Waals surface area contributed by atoms with Gasteiger partial charge < -0.3 is 9.32 Å². The Labute approximate surface area is 153 Å². The Morgan fingerprint density at radius 2 is 1.81 bits per heavy atom. The normalized spacial score (nSPS) is 16.2. The Bertz CT molecular complexity index is 915. The van der Waals surface area contributed by atoms with Crippen molar-refractivity contribution in [1.82, 2.24) is 19.9 Å². The van der Waals surface area contributed by atoms with Crippen molar-refractivity contribution in [3.63, 3.8) is 0 Å². The standard InChI is InChI=1S/C18H18F3N5O/c1-12-16(18(19,20)21)17(23-11-22-12)26-8-6-25(7-9-26)10-15-24-13-4-2-3-5-14(13)27-15/h2-5,11H,6-10H2,1H3. The minimum atomic E-state index is -4.48. The first-order chi connectivity index (χ1) is 12.9. The van der Waals surface area contributed by atoms with E-state index in [9.17, 15) is 13.2 Å². The molecule has 0 spiro atoms. The van der Waals surface area contributed by atoms with E-state index < -0.39 is 11.7 Å². The van der Waals surface area contributed by atoms with Crippen LogP contribution in [-0.4, -0.2) is 46.0 Å². The van der Waals surface area contributed by atoms with Crippen molar-refractivity contribution >= 4 is 16.9 Å². The zero-order chi connectivity index (χ0) is 19.0. The molecule has 3 heterocycles. The van der Waals surface area contributed by atoms with Gasteiger partial charge in [0.15, 0.2) is 5.58 Å². The summed E-state index contributed by atoms with van der Waals surface area (Å²) in [7, 11) is 0. The molecule has 3 aromatic rings. The van der Waals surface area contributed by atoms with Crippen molar-refractivity contribution in [2.24, 2.45) is 0 Å². The minimum Gasteiger partial charge on any atom is -0.439 e. The predicted molar refractivity (Wildman–Crippen MR) is 93.3 cm³/mol. The van der Waals surface area contributed by atoms with Crippen molar-refractivity contribution in [3.05, 3.63) is 47.7 Å². The van der Waals surface area contributed by atoms with E-state index in [1.165, 1.54) is 13.3 Å². The molecule has 0 aliphatic carbocycles. The van der Waals surface area contributed by atoms with Crippen LogP contribution in [0.1, 0.15) is 17.1 Å². The molecule has 0 unspecified atom stereocenters. The van der Waals surface area contributed by atoms with Gasteiger partial charge in [-0.05, 0) is 19.1 Å². The fourth-order valence-electron chi connectivity index (χ4n) is 3.33. The van der Waals surface area contributed by atoms with Crippen LogP contribution in [0.4, 0.5) is 19.0 Å². The van der Waals surface area contributed by atoms with Gasteiger partial charge in [-0.1, -0.05) is 12.1 Å². The fourth-order valence-corrected chi connectivity index (χ4v) is 3.33. The molecule has 1 fully saturated rings. The van der Waals surface area contributed by atoms with Crippen LogP contribution in [-0.2, 0) is 12.7 Å². The first-order valence-electron chi connectivity index (χ1n) is 8.62. The fraction of sp³-hybridized carbons (Fsp3) is 0.389. The van der Waals surface area contributed by atoms with Gasteiger partial charge in [0.2, 0.25) is 5.89 Å². The molecule has 6 nitrogen and oxygen atoms in total. The van der Waals surface area contributed by atoms with E-state index in [1.807, 2.05) is 24.3 Å². The van der Waals surface area contributed by atoms with E-state index in [0.29, 0.717) is 38.6 Å². The maximum Gasteiger partial charge on any atom is 0.421 e. The van der Waals surface area contributed by atoms with Gasteiger partial charge in [-0.25, -0.2) is 15.0 Å². The number of piperazine rings is 1. The molecule has 0 N–H and O–H groups in total. The molecule has 1 aliphatic heterocycles. The molecule has 9 heteroatoms. The topological polar surface area (TPSA) is 58.3 Å². The first kappa shape index (κ1) is 17.7. The number of hydrogen-bond acceptors (Lipinski definition) is 6. The van der Waals surface area contributed by atoms with E-state index in [4.69, 9.17) is 4.42 Å². The lowest BCUT2D eigenvalue weighted by Gasteiger charge is -2.35. The summed E-state index contributed by atoms with van der Waals surface area (Å²) in [5, 5.41) is 0. The summed E-state index contributed by atoms with van der Waals surface area (Å²) in [6.07, 6.45) is -3.29. The van der Waals surface area contributed by atoms with Crippen LogP contribution >= 0.6 is 0 Å². The Kier molecular flexibility index (Phi) is 4.47. The Morgan fingerprint density at radius 3 is 2.52 bits per heavy atom. The maximum atomic E-state index is 13.4. The first-order valence-corrected chi connectivity index (χ1v) is 8.62. The lowest BCUT2D eigenvalue weighted by molar-refractivity contribution is -0.138. The largest absolute Gasteiger partial charge is 0.439 e. The van der Waals surface area contributed by atoms with Gasteiger partial charge in [-0.3, -0.25) is 4.90 Å². The highest BCUT2D eigenvalue weighted by Gasteiger charge is 2.39. The molecule has 1 aromatic carbocycles. The Morgan fingerprint density at radius 1 is 1.07 bits per heavy atom. The zero-order valence-electron chi connectivity index (χ0n) is 14.7. The van der Waals surface area contributed by atoms with Crippen LogP contribution in [0.2, 0.25) is 0 Å². The molecule has 1 aliphatic rings. The molecule has 2 aromatic heterocycles. The van der Waals surface area contributed by atoms with Crippen LogP contribution in [0.5, 0.6) is 0 Å². The number of anilines is 1. The quantitative estimate of drug-likeness (QED) is 0.698. The number of fused-ring (bicyclic) bond motifs is 1. The second-order valence-corrected chi connectivity index (χ2v) is 6.49. The Hall–Kier alpha value is -2.68. The third kappa shape index (κ3) is 3.59. The van der Waals surface area contributed by atoms with Crippen LogP contribution in [0.3, 0.4) is 0 Å². The van der Waals surface area contributed by atoms with Crippen molar-refractivity contribution < 1.29 is 17.6 Å². The molecule has 4 rings (SSSR count). The summed E-state index contributed by atoms with van der Waals surface area (Å²) in [4.78, 5) is 15.8. The number of hydrogen-bond donors (Lipinski definition) is 0. The average molecular weight is 377 g/mol. The number of nitrogens with zero attached hydrogens (tertiary/aromatic N) is 5. The van der Waals surface area contributed by atoms with Gasteiger partial charge in [-0.15, -0.1) is 0 Å². The molecule has 0 radical (unpaired) electrons. The van der Waals surface area contributed by atoms with E-state index in [0.717, 1.165) is 11.1 Å². The van der Waals surface area contributed by atoms with E-state index in [-0.39, 0.29) is 11.5 Å². The molecule has 0 amide bonds. The Balaban J connectivity index is 1.46. The molecule has 0 saturated carbocycles. The van der Waals surface area contributed by atoms with Crippen molar-refractivity contribution in [2.75, 3.05) is 31.1 Å². The highest BCUT2D eigenvalue weighted by atomic mass is 19.4. The number of benzene rings is 1. The molecule has 27 heavy (non-hydrogen) atoms. The second kappa shape index (κ2) is 6.80. The SMILES string of the molecule is Cc1ncnc(N2CCN(Cc3nc4ccccc4o3)CC2)c1C(F)(F)F. The lowest BCUT2D eigenvalue weighted by atomic mass is 10.2. The van der Waals surface area contributed by atoms with E-state index in [2.05, 4.69) is 19.9 Å². The smallest absolute Gasteiger partial charge is 0.421 e. The van der Waals surface area contributed by atoms with Gasteiger partial charge in [0.1, 0.15) is 23.2 Å². The van der Waals surface area contributed by atoms with Gasteiger partial charge in [0.05, 0.1) is 12.2 Å². The van der Waals surface area contributed by atoms with Crippen molar-refractivity contribution in [2.45, 2.75) is 19.6 Å². The number of oxazole rings is 1. The third-order valence-corrected chi connectivity index (χ3v) is 4.67. The summed E-state index contributed by atoms with van der Waals surface area (Å²) >= 11 is 0. The van der Waals surface area contributed by atoms with Crippen molar-refractivity contribution in [1.29, 1.82) is 0 Å². The van der Waals surface area contributed by atoms with Crippen LogP contribution in [0, 0.1) is 6.92 Å². The summed E-state index contributed by atoms with van der Waals surface area (Å²) in [5.41, 5.74) is 0.730. The zero-order valence-corrected chi connectivity index (χ0v) is 14.7. The minimum absolute atomic E-state index is 0.0449. The summed E-state index contributed by atoms with van der Waals surface area (Å²) in [5.74, 6) is 0.565. The summed E-state index contributed by atoms with van der Waals surface area (Å²) in [6.45, 7) is 3.96. The van der Waals surface area contributed by atoms with Crippen molar-refractivity contribution in [3.8, 4) is 0 Å². The molecule has 0 atom stereocenters. The number of para-hydroxylation sites is 2. The summed E-state index contributed by atoms with van der Waals surface area (Å²) < 4.78 is 45.9. The molecular weight excluding hydrogens is 359 g/mol. The van der Waals surface area contributed by atoms with Gasteiger partial charge >= 0.3 is 6.18 Å². The van der Waals surface area contributed by atoms with Crippen LogP contribution in [0.15, 0.2) is 35.0 Å². The number of alkyl halides is 3. The monoisotopic (exact) mass is 377 g/mol. The maximum absolute atomic E-state index is 13.4. The predicted octanol–water partition coefficient (Wildman–Crippen LogP) is 3.27. The average Bonchev–Trinajstić information content (AvgIpc) is 3.03. The van der Waals surface area contributed by atoms with Gasteiger partial charge in [0.25, 0.3) is 0 Å². The highest BCUT2D eigenvalue weighted by molar-refractivity contribution is 5.72. The molecular formula is C18H18F3N5O. The number of rotatable bonds is 3. The lowest BCUT2D eigenvalue weighted by Crippen LogP contribution is -2.47. The van der Waals surface area contributed by atoms with Crippen LogP contribution < -0.4 is 4.90 Å². The number of aryl methyl sites for hydroxylation is 1. The molecule has 1 saturated heterocycles. The number of halogens is 3. The van der Waals surface area contributed by atoms with Gasteiger partial charge in [-0.2, -0.15) is 13.2 Å². The second-order valence-electron chi connectivity index (χ2n) is 6.49. The van der Waals surface area contributed by atoms with E-state index in [1.54, 1.807) is 4.90 Å². The molecule has 0 bridgehead atoms. The third-order valence-electron chi connectivity index (χ3n) is 4.67. The summed E-state index contributed by atoms with van der Waals surface area (Å²) in [6, 6.07) is 7.53. The van der Waals surface area contributed by atoms with E-state index >= 15 is 0 Å². The highest BCUT2D eigenvalue weighted by Crippen LogP contribution is 2.37. The van der Waals surface area contributed by atoms with Gasteiger partial charge in [0, 0.05) is 26.2 Å².